The zero-order chi connectivity index (χ0) is 19.4. The zero-order valence-corrected chi connectivity index (χ0v) is 16.0. The molecule has 0 saturated heterocycles. The van der Waals surface area contributed by atoms with Crippen LogP contribution in [-0.4, -0.2) is 17.6 Å². The Bertz CT molecular complexity index is 1000. The lowest BCUT2D eigenvalue weighted by Crippen LogP contribution is -2.34. The molecule has 0 spiro atoms. The molecule has 3 aromatic rings. The summed E-state index contributed by atoms with van der Waals surface area (Å²) in [6.45, 7) is 0.109. The Kier molecular flexibility index (Phi) is 6.00. The molecule has 27 heavy (non-hydrogen) atoms. The number of amides is 2. The molecule has 3 rings (SSSR count). The smallest absolute Gasteiger partial charge is 0.313 e. The van der Waals surface area contributed by atoms with E-state index >= 15 is 0 Å². The van der Waals surface area contributed by atoms with Crippen molar-refractivity contribution in [1.29, 1.82) is 0 Å². The van der Waals surface area contributed by atoms with Crippen LogP contribution in [0, 0.1) is 5.82 Å². The van der Waals surface area contributed by atoms with Crippen molar-refractivity contribution in [2.75, 3.05) is 5.32 Å². The second-order valence-electron chi connectivity index (χ2n) is 5.37. The summed E-state index contributed by atoms with van der Waals surface area (Å²) in [5.41, 5.74) is 0.830. The third-order valence-corrected chi connectivity index (χ3v) is 5.53. The van der Waals surface area contributed by atoms with Gasteiger partial charge in [0.25, 0.3) is 0 Å². The Labute approximate surface area is 166 Å². The molecule has 0 aliphatic carbocycles. The van der Waals surface area contributed by atoms with Crippen LogP contribution in [0.25, 0.3) is 0 Å². The first-order valence-electron chi connectivity index (χ1n) is 7.64. The number of hydrogen-bond donors (Lipinski definition) is 2. The quantitative estimate of drug-likeness (QED) is 0.480. The van der Waals surface area contributed by atoms with Crippen molar-refractivity contribution in [3.05, 3.63) is 73.3 Å². The minimum Gasteiger partial charge on any atom is -0.343 e. The first-order chi connectivity index (χ1) is 12.9. The third-order valence-electron chi connectivity index (χ3n) is 3.48. The van der Waals surface area contributed by atoms with Crippen molar-refractivity contribution in [3.63, 3.8) is 0 Å². The van der Waals surface area contributed by atoms with Gasteiger partial charge in [-0.05, 0) is 41.8 Å². The number of nitrogens with one attached hydrogen (secondary N) is 2. The highest BCUT2D eigenvalue weighted by molar-refractivity contribution is 7.14. The van der Waals surface area contributed by atoms with Crippen molar-refractivity contribution in [3.8, 4) is 0 Å². The average molecular weight is 423 g/mol. The van der Waals surface area contributed by atoms with Crippen LogP contribution in [0.3, 0.4) is 0 Å². The summed E-state index contributed by atoms with van der Waals surface area (Å²) in [5, 5.41) is 8.26. The van der Waals surface area contributed by atoms with Gasteiger partial charge in [-0.2, -0.15) is 11.3 Å². The lowest BCUT2D eigenvalue weighted by atomic mass is 10.2. The van der Waals surface area contributed by atoms with Crippen molar-refractivity contribution in [1.82, 2.24) is 5.32 Å². The van der Waals surface area contributed by atoms with E-state index in [1.54, 1.807) is 23.6 Å². The fourth-order valence-corrected chi connectivity index (χ4v) is 3.87. The van der Waals surface area contributed by atoms with Gasteiger partial charge in [-0.1, -0.05) is 11.6 Å². The van der Waals surface area contributed by atoms with E-state index in [2.05, 4.69) is 10.6 Å². The second-order valence-corrected chi connectivity index (χ2v) is 7.73. The minimum atomic E-state index is -0.899. The first kappa shape index (κ1) is 19.2. The maximum absolute atomic E-state index is 13.1. The summed E-state index contributed by atoms with van der Waals surface area (Å²) in [4.78, 5) is 37.3. The van der Waals surface area contributed by atoms with Crippen LogP contribution in [0.2, 0.25) is 5.02 Å². The van der Waals surface area contributed by atoms with Gasteiger partial charge in [0.1, 0.15) is 5.82 Å². The van der Waals surface area contributed by atoms with Gasteiger partial charge in [0.2, 0.25) is 5.78 Å². The van der Waals surface area contributed by atoms with E-state index in [1.165, 1.54) is 34.8 Å². The molecule has 0 bridgehead atoms. The van der Waals surface area contributed by atoms with Crippen LogP contribution in [0.5, 0.6) is 0 Å². The van der Waals surface area contributed by atoms with Gasteiger partial charge in [0.05, 0.1) is 16.4 Å². The molecule has 2 amide bonds. The fraction of sp³-hybridized carbons (Fsp3) is 0.0556. The molecule has 2 aromatic heterocycles. The van der Waals surface area contributed by atoms with Gasteiger partial charge in [0, 0.05) is 21.5 Å². The van der Waals surface area contributed by atoms with E-state index in [9.17, 15) is 18.8 Å². The summed E-state index contributed by atoms with van der Waals surface area (Å²) in [5.74, 6) is -2.45. The first-order valence-corrected chi connectivity index (χ1v) is 9.77. The third kappa shape index (κ3) is 4.79. The monoisotopic (exact) mass is 422 g/mol. The van der Waals surface area contributed by atoms with Crippen molar-refractivity contribution >= 4 is 57.6 Å². The molecular weight excluding hydrogens is 411 g/mol. The number of benzene rings is 1. The van der Waals surface area contributed by atoms with Crippen LogP contribution >= 0.6 is 34.3 Å². The van der Waals surface area contributed by atoms with Gasteiger partial charge in [0.15, 0.2) is 0 Å². The predicted molar refractivity (Wildman–Crippen MR) is 104 cm³/mol. The van der Waals surface area contributed by atoms with Gasteiger partial charge in [-0.3, -0.25) is 14.4 Å². The lowest BCUT2D eigenvalue weighted by molar-refractivity contribution is -0.136. The molecule has 0 fully saturated rings. The van der Waals surface area contributed by atoms with Gasteiger partial charge in [-0.25, -0.2) is 4.39 Å². The Balaban J connectivity index is 1.55. The number of halogens is 2. The molecular formula is C18H12ClFN2O3S2. The molecule has 5 nitrogen and oxygen atoms in total. The normalized spacial score (nSPS) is 10.4. The molecule has 0 unspecified atom stereocenters. The maximum Gasteiger partial charge on any atom is 0.313 e. The van der Waals surface area contributed by atoms with E-state index in [0.717, 1.165) is 10.9 Å². The van der Waals surface area contributed by atoms with Crippen LogP contribution in [0.15, 0.2) is 47.2 Å². The molecule has 2 heterocycles. The zero-order valence-electron chi connectivity index (χ0n) is 13.6. The molecule has 2 N–H and O–H groups in total. The number of thiophene rings is 2. The summed E-state index contributed by atoms with van der Waals surface area (Å²) >= 11 is 8.32. The highest BCUT2D eigenvalue weighted by Gasteiger charge is 2.16. The second kappa shape index (κ2) is 8.43. The number of anilines is 1. The van der Waals surface area contributed by atoms with Crippen LogP contribution in [0.1, 0.15) is 20.1 Å². The molecule has 1 aromatic carbocycles. The van der Waals surface area contributed by atoms with E-state index in [-0.39, 0.29) is 23.0 Å². The van der Waals surface area contributed by atoms with Gasteiger partial charge < -0.3 is 10.6 Å². The highest BCUT2D eigenvalue weighted by Crippen LogP contribution is 2.21. The maximum atomic E-state index is 13.1. The lowest BCUT2D eigenvalue weighted by Gasteiger charge is -2.06. The SMILES string of the molecule is O=C(NCc1ccc(C(=O)c2ccsc2)s1)C(=O)Nc1ccc(F)c(Cl)c1. The molecule has 0 atom stereocenters. The number of carbonyl (C=O) groups is 3. The summed E-state index contributed by atoms with van der Waals surface area (Å²) in [6.07, 6.45) is 0. The van der Waals surface area contributed by atoms with Crippen LogP contribution in [0.4, 0.5) is 10.1 Å². The van der Waals surface area contributed by atoms with Crippen molar-refractivity contribution in [2.24, 2.45) is 0 Å². The Morgan fingerprint density at radius 2 is 1.89 bits per heavy atom. The number of carbonyl (C=O) groups excluding carboxylic acids is 3. The standard InChI is InChI=1S/C18H12ClFN2O3S2/c19-13-7-11(1-3-14(13)20)22-18(25)17(24)21-8-12-2-4-15(27-12)16(23)10-5-6-26-9-10/h1-7,9H,8H2,(H,21,24)(H,22,25). The van der Waals surface area contributed by atoms with E-state index < -0.39 is 17.6 Å². The Morgan fingerprint density at radius 1 is 1.07 bits per heavy atom. The molecule has 0 radical (unpaired) electrons. The molecule has 9 heteroatoms. The van der Waals surface area contributed by atoms with Gasteiger partial charge >= 0.3 is 11.8 Å². The Morgan fingerprint density at radius 3 is 2.59 bits per heavy atom. The highest BCUT2D eigenvalue weighted by atomic mass is 35.5. The number of rotatable bonds is 5. The van der Waals surface area contributed by atoms with Crippen molar-refractivity contribution < 1.29 is 18.8 Å². The molecule has 0 saturated carbocycles. The van der Waals surface area contributed by atoms with E-state index in [1.807, 2.05) is 5.38 Å². The summed E-state index contributed by atoms with van der Waals surface area (Å²) in [7, 11) is 0. The van der Waals surface area contributed by atoms with Crippen LogP contribution < -0.4 is 10.6 Å². The van der Waals surface area contributed by atoms with Crippen molar-refractivity contribution in [2.45, 2.75) is 6.54 Å². The Hall–Kier alpha value is -2.55. The summed E-state index contributed by atoms with van der Waals surface area (Å²) < 4.78 is 13.1. The molecule has 0 aliphatic rings. The largest absolute Gasteiger partial charge is 0.343 e. The van der Waals surface area contributed by atoms with E-state index in [0.29, 0.717) is 10.4 Å². The number of hydrogen-bond acceptors (Lipinski definition) is 5. The number of ketones is 1. The average Bonchev–Trinajstić information content (AvgIpc) is 3.34. The van der Waals surface area contributed by atoms with E-state index in [4.69, 9.17) is 11.6 Å². The van der Waals surface area contributed by atoms with Gasteiger partial charge in [-0.15, -0.1) is 11.3 Å². The fourth-order valence-electron chi connectivity index (χ4n) is 2.14. The molecule has 0 aliphatic heterocycles. The summed E-state index contributed by atoms with van der Waals surface area (Å²) in [6, 6.07) is 8.76. The van der Waals surface area contributed by atoms with Crippen LogP contribution in [-0.2, 0) is 16.1 Å². The topological polar surface area (TPSA) is 75.3 Å². The minimum absolute atomic E-state index is 0.0789. The predicted octanol–water partition coefficient (Wildman–Crippen LogP) is 4.09. The molecule has 138 valence electrons.